The zero-order valence-electron chi connectivity index (χ0n) is 11.3. The van der Waals surface area contributed by atoms with Crippen LogP contribution in [0.15, 0.2) is 72.2 Å². The molecule has 0 aliphatic heterocycles. The van der Waals surface area contributed by atoms with Gasteiger partial charge in [0.2, 0.25) is 0 Å². The Morgan fingerprint density at radius 1 is 0.900 bits per heavy atom. The van der Waals surface area contributed by atoms with Gasteiger partial charge >= 0.3 is 126 Å². The van der Waals surface area contributed by atoms with Crippen molar-refractivity contribution in [3.63, 3.8) is 0 Å². The number of hydrogen-bond acceptors (Lipinski definition) is 0. The topological polar surface area (TPSA) is 0 Å². The third-order valence-electron chi connectivity index (χ3n) is 3.41. The van der Waals surface area contributed by atoms with Gasteiger partial charge in [0.1, 0.15) is 0 Å². The first-order chi connectivity index (χ1) is 9.86. The summed E-state index contributed by atoms with van der Waals surface area (Å²) in [7, 11) is 0. The van der Waals surface area contributed by atoms with Gasteiger partial charge in [0.25, 0.3) is 0 Å². The summed E-state index contributed by atoms with van der Waals surface area (Å²) in [5, 5.41) is 0. The Hall–Kier alpha value is -1.82. The molecule has 0 spiro atoms. The predicted molar refractivity (Wildman–Crippen MR) is 88.2 cm³/mol. The van der Waals surface area contributed by atoms with Crippen LogP contribution in [0.25, 0.3) is 16.1 Å². The summed E-state index contributed by atoms with van der Waals surface area (Å²) in [6.45, 7) is 3.80. The molecule has 20 heavy (non-hydrogen) atoms. The second-order valence-corrected chi connectivity index (χ2v) is 6.75. The summed E-state index contributed by atoms with van der Waals surface area (Å²) in [4.78, 5) is 2.28. The molecule has 1 heteroatoms. The molecule has 1 heterocycles. The van der Waals surface area contributed by atoms with E-state index >= 15 is 0 Å². The van der Waals surface area contributed by atoms with E-state index in [1.165, 1.54) is 26.7 Å². The van der Waals surface area contributed by atoms with Crippen LogP contribution in [-0.4, -0.2) is 14.5 Å². The molecule has 1 aromatic heterocycles. The van der Waals surface area contributed by atoms with E-state index in [1.807, 2.05) is 6.08 Å². The summed E-state index contributed by atoms with van der Waals surface area (Å²) >= 11 is 0.489. The summed E-state index contributed by atoms with van der Waals surface area (Å²) in [5.74, 6) is 0. The van der Waals surface area contributed by atoms with E-state index in [-0.39, 0.29) is 0 Å². The van der Waals surface area contributed by atoms with Crippen LogP contribution >= 0.6 is 0 Å². The van der Waals surface area contributed by atoms with Crippen LogP contribution in [0, 0.1) is 0 Å². The van der Waals surface area contributed by atoms with Crippen molar-refractivity contribution < 1.29 is 0 Å². The van der Waals surface area contributed by atoms with E-state index < -0.39 is 0 Å². The fourth-order valence-electron chi connectivity index (χ4n) is 2.34. The van der Waals surface area contributed by atoms with E-state index in [1.54, 1.807) is 0 Å². The molecule has 0 aliphatic carbocycles. The van der Waals surface area contributed by atoms with Crippen LogP contribution in [0.3, 0.4) is 0 Å². The standard InChI is InChI=1S/C19H16Se/c1-2-15-9-11-16(12-10-15)14-17-6-3-4-7-18(17)19-8-5-13-20-19/h2-13H,1,14H2. The second kappa shape index (κ2) is 6.09. The van der Waals surface area contributed by atoms with Gasteiger partial charge < -0.3 is 0 Å². The molecule has 98 valence electrons. The van der Waals surface area contributed by atoms with Crippen molar-refractivity contribution in [1.82, 2.24) is 0 Å². The zero-order valence-corrected chi connectivity index (χ0v) is 13.0. The van der Waals surface area contributed by atoms with Gasteiger partial charge in [-0.15, -0.1) is 0 Å². The van der Waals surface area contributed by atoms with Gasteiger partial charge in [0.15, 0.2) is 0 Å². The molecule has 0 radical (unpaired) electrons. The Kier molecular flexibility index (Phi) is 4.01. The quantitative estimate of drug-likeness (QED) is 0.613. The Labute approximate surface area is 126 Å². The molecule has 0 aliphatic rings. The van der Waals surface area contributed by atoms with Gasteiger partial charge in [0.05, 0.1) is 0 Å². The van der Waals surface area contributed by atoms with Crippen LogP contribution in [0.4, 0.5) is 0 Å². The predicted octanol–water partition coefficient (Wildman–Crippen LogP) is 4.64. The first-order valence-corrected chi connectivity index (χ1v) is 8.54. The van der Waals surface area contributed by atoms with Crippen molar-refractivity contribution in [3.8, 4) is 10.0 Å². The van der Waals surface area contributed by atoms with E-state index in [0.29, 0.717) is 14.5 Å². The fraction of sp³-hybridized carbons (Fsp3) is 0.0526. The number of benzene rings is 2. The summed E-state index contributed by atoms with van der Waals surface area (Å²) in [6, 6.07) is 21.8. The van der Waals surface area contributed by atoms with Crippen molar-refractivity contribution >= 4 is 20.6 Å². The van der Waals surface area contributed by atoms with Crippen LogP contribution in [0.2, 0.25) is 0 Å². The van der Waals surface area contributed by atoms with E-state index in [2.05, 4.69) is 72.2 Å². The Balaban J connectivity index is 1.92. The average Bonchev–Trinajstić information content (AvgIpc) is 3.03. The third-order valence-corrected chi connectivity index (χ3v) is 5.31. The molecular formula is C19H16Se. The van der Waals surface area contributed by atoms with Gasteiger partial charge in [-0.3, -0.25) is 0 Å². The van der Waals surface area contributed by atoms with Crippen LogP contribution in [-0.2, 0) is 6.42 Å². The van der Waals surface area contributed by atoms with Crippen LogP contribution < -0.4 is 0 Å². The van der Waals surface area contributed by atoms with Gasteiger partial charge in [-0.1, -0.05) is 0 Å². The Morgan fingerprint density at radius 3 is 2.40 bits per heavy atom. The molecule has 0 saturated heterocycles. The fourth-order valence-corrected chi connectivity index (χ4v) is 3.99. The summed E-state index contributed by atoms with van der Waals surface area (Å²) < 4.78 is 1.48. The monoisotopic (exact) mass is 324 g/mol. The number of hydrogen-bond donors (Lipinski definition) is 0. The third kappa shape index (κ3) is 2.85. The van der Waals surface area contributed by atoms with Gasteiger partial charge in [-0.2, -0.15) is 0 Å². The first-order valence-electron chi connectivity index (χ1n) is 6.70. The molecule has 3 rings (SSSR count). The molecule has 3 aromatic rings. The first kappa shape index (κ1) is 13.2. The van der Waals surface area contributed by atoms with Crippen molar-refractivity contribution in [2.45, 2.75) is 6.42 Å². The molecule has 0 atom stereocenters. The zero-order chi connectivity index (χ0) is 13.8. The van der Waals surface area contributed by atoms with Crippen molar-refractivity contribution in [3.05, 3.63) is 88.9 Å². The van der Waals surface area contributed by atoms with Crippen LogP contribution in [0.5, 0.6) is 0 Å². The Bertz CT molecular complexity index is 691. The molecule has 0 unspecified atom stereocenters. The van der Waals surface area contributed by atoms with Crippen molar-refractivity contribution in [2.24, 2.45) is 0 Å². The minimum atomic E-state index is 0.489. The molecule has 2 aromatic carbocycles. The van der Waals surface area contributed by atoms with E-state index in [0.717, 1.165) is 6.42 Å². The molecule has 0 nitrogen and oxygen atoms in total. The van der Waals surface area contributed by atoms with E-state index in [9.17, 15) is 0 Å². The number of rotatable bonds is 4. The van der Waals surface area contributed by atoms with Gasteiger partial charge in [-0.25, -0.2) is 0 Å². The SMILES string of the molecule is C=Cc1ccc(Cc2ccccc2-c2ccc[se]2)cc1. The Morgan fingerprint density at radius 2 is 1.70 bits per heavy atom. The normalized spacial score (nSPS) is 10.4. The summed E-state index contributed by atoms with van der Waals surface area (Å²) in [6.07, 6.45) is 2.87. The maximum absolute atomic E-state index is 3.80. The van der Waals surface area contributed by atoms with Gasteiger partial charge in [-0.05, 0) is 0 Å². The summed E-state index contributed by atoms with van der Waals surface area (Å²) in [5.41, 5.74) is 5.34. The van der Waals surface area contributed by atoms with Gasteiger partial charge in [0, 0.05) is 0 Å². The van der Waals surface area contributed by atoms with Crippen molar-refractivity contribution in [1.29, 1.82) is 0 Å². The molecule has 0 fully saturated rings. The molecule has 0 bridgehead atoms. The van der Waals surface area contributed by atoms with Crippen molar-refractivity contribution in [2.75, 3.05) is 0 Å². The molecule has 0 N–H and O–H groups in total. The molecule has 0 amide bonds. The second-order valence-electron chi connectivity index (χ2n) is 4.76. The minimum absolute atomic E-state index is 0.489. The van der Waals surface area contributed by atoms with Crippen LogP contribution in [0.1, 0.15) is 16.7 Å². The molecular weight excluding hydrogens is 307 g/mol. The average molecular weight is 323 g/mol. The maximum atomic E-state index is 3.80. The van der Waals surface area contributed by atoms with E-state index in [4.69, 9.17) is 0 Å². The molecule has 0 saturated carbocycles.